The quantitative estimate of drug-likeness (QED) is 0.849. The van der Waals surface area contributed by atoms with Crippen molar-refractivity contribution in [2.45, 2.75) is 84.3 Å². The zero-order valence-corrected chi connectivity index (χ0v) is 13.7. The van der Waals surface area contributed by atoms with E-state index in [1.807, 2.05) is 0 Å². The first-order valence-corrected chi connectivity index (χ1v) is 8.88. The van der Waals surface area contributed by atoms with Crippen molar-refractivity contribution in [1.82, 2.24) is 4.90 Å². The van der Waals surface area contributed by atoms with E-state index in [4.69, 9.17) is 0 Å². The third-order valence-corrected chi connectivity index (χ3v) is 6.82. The van der Waals surface area contributed by atoms with Crippen LogP contribution in [-0.2, 0) is 0 Å². The van der Waals surface area contributed by atoms with E-state index in [-0.39, 0.29) is 6.10 Å². The highest BCUT2D eigenvalue weighted by Crippen LogP contribution is 2.53. The maximum atomic E-state index is 10.2. The molecule has 0 amide bonds. The molecule has 3 unspecified atom stereocenters. The van der Waals surface area contributed by atoms with Crippen LogP contribution >= 0.6 is 0 Å². The number of likely N-dealkylation sites (tertiary alicyclic amines) is 1. The lowest BCUT2D eigenvalue weighted by atomic mass is 9.66. The lowest BCUT2D eigenvalue weighted by Crippen LogP contribution is -2.53. The van der Waals surface area contributed by atoms with Crippen LogP contribution in [-0.4, -0.2) is 35.2 Å². The van der Waals surface area contributed by atoms with Gasteiger partial charge in [0.2, 0.25) is 0 Å². The molecule has 3 rings (SSSR count). The van der Waals surface area contributed by atoms with Crippen molar-refractivity contribution in [3.63, 3.8) is 0 Å². The molecule has 3 aliphatic rings. The van der Waals surface area contributed by atoms with Crippen LogP contribution in [0, 0.1) is 16.7 Å². The molecule has 0 aromatic carbocycles. The number of aliphatic hydroxyl groups excluding tert-OH is 1. The Labute approximate surface area is 124 Å². The Morgan fingerprint density at radius 1 is 1.20 bits per heavy atom. The molecule has 3 atom stereocenters. The normalized spacial score (nSPS) is 38.1. The van der Waals surface area contributed by atoms with Gasteiger partial charge in [0, 0.05) is 12.6 Å². The van der Waals surface area contributed by atoms with E-state index < -0.39 is 0 Å². The number of rotatable bonds is 3. The van der Waals surface area contributed by atoms with Crippen molar-refractivity contribution >= 4 is 0 Å². The number of aliphatic hydroxyl groups is 1. The fraction of sp³-hybridized carbons (Fsp3) is 1.00. The largest absolute Gasteiger partial charge is 0.393 e. The van der Waals surface area contributed by atoms with Crippen LogP contribution in [0.2, 0.25) is 0 Å². The first-order valence-electron chi connectivity index (χ1n) is 8.88. The number of piperidine rings is 1. The van der Waals surface area contributed by atoms with E-state index in [1.165, 1.54) is 51.6 Å². The van der Waals surface area contributed by atoms with E-state index >= 15 is 0 Å². The van der Waals surface area contributed by atoms with Gasteiger partial charge in [0.1, 0.15) is 0 Å². The standard InChI is InChI=1S/C18H33NO/c1-4-17(2,3)15-7-6-14(20)12-16(15)19-11-5-8-18(13-19)9-10-18/h14-16,20H,4-13H2,1-3H3. The van der Waals surface area contributed by atoms with Crippen molar-refractivity contribution < 1.29 is 5.11 Å². The summed E-state index contributed by atoms with van der Waals surface area (Å²) in [6.45, 7) is 9.81. The van der Waals surface area contributed by atoms with Gasteiger partial charge in [-0.2, -0.15) is 0 Å². The van der Waals surface area contributed by atoms with Crippen LogP contribution < -0.4 is 0 Å². The average Bonchev–Trinajstić information content (AvgIpc) is 3.17. The predicted octanol–water partition coefficient (Wildman–Crippen LogP) is 3.83. The molecular weight excluding hydrogens is 246 g/mol. The van der Waals surface area contributed by atoms with E-state index in [2.05, 4.69) is 25.7 Å². The van der Waals surface area contributed by atoms with E-state index in [0.29, 0.717) is 16.9 Å². The van der Waals surface area contributed by atoms with Gasteiger partial charge < -0.3 is 5.11 Å². The molecule has 0 bridgehead atoms. The van der Waals surface area contributed by atoms with E-state index in [1.54, 1.807) is 0 Å². The predicted molar refractivity (Wildman–Crippen MR) is 83.7 cm³/mol. The molecule has 2 aliphatic carbocycles. The van der Waals surface area contributed by atoms with Gasteiger partial charge in [-0.15, -0.1) is 0 Å². The summed E-state index contributed by atoms with van der Waals surface area (Å²) in [5.74, 6) is 0.768. The Balaban J connectivity index is 1.75. The minimum atomic E-state index is -0.0546. The van der Waals surface area contributed by atoms with Gasteiger partial charge in [-0.1, -0.05) is 27.2 Å². The van der Waals surface area contributed by atoms with Crippen LogP contribution in [0.4, 0.5) is 0 Å². The fourth-order valence-corrected chi connectivity index (χ4v) is 4.82. The lowest BCUT2D eigenvalue weighted by molar-refractivity contribution is -0.0346. The Morgan fingerprint density at radius 3 is 2.60 bits per heavy atom. The second-order valence-electron chi connectivity index (χ2n) is 8.56. The second kappa shape index (κ2) is 5.28. The summed E-state index contributed by atoms with van der Waals surface area (Å²) in [5.41, 5.74) is 1.11. The molecule has 1 saturated heterocycles. The summed E-state index contributed by atoms with van der Waals surface area (Å²) in [7, 11) is 0. The highest BCUT2D eigenvalue weighted by Gasteiger charge is 2.49. The minimum Gasteiger partial charge on any atom is -0.393 e. The molecule has 116 valence electrons. The lowest BCUT2D eigenvalue weighted by Gasteiger charge is -2.50. The molecule has 1 spiro atoms. The Morgan fingerprint density at radius 2 is 1.95 bits per heavy atom. The molecule has 2 nitrogen and oxygen atoms in total. The molecule has 3 fully saturated rings. The summed E-state index contributed by atoms with van der Waals surface area (Å²) >= 11 is 0. The van der Waals surface area contributed by atoms with Crippen molar-refractivity contribution in [3.05, 3.63) is 0 Å². The molecule has 1 heterocycles. The van der Waals surface area contributed by atoms with Crippen molar-refractivity contribution in [2.24, 2.45) is 16.7 Å². The average molecular weight is 279 g/mol. The second-order valence-corrected chi connectivity index (χ2v) is 8.56. The third kappa shape index (κ3) is 2.78. The van der Waals surface area contributed by atoms with Gasteiger partial charge in [-0.25, -0.2) is 0 Å². The Bertz CT molecular complexity index is 347. The SMILES string of the molecule is CCC(C)(C)C1CCC(O)CC1N1CCCC2(CC2)C1. The summed E-state index contributed by atoms with van der Waals surface area (Å²) in [6.07, 6.45) is 10.2. The molecule has 1 N–H and O–H groups in total. The molecular formula is C18H33NO. The molecule has 2 saturated carbocycles. The van der Waals surface area contributed by atoms with Gasteiger partial charge in [0.25, 0.3) is 0 Å². The van der Waals surface area contributed by atoms with Gasteiger partial charge in [-0.05, 0) is 68.2 Å². The maximum Gasteiger partial charge on any atom is 0.0555 e. The number of hydrogen-bond donors (Lipinski definition) is 1. The van der Waals surface area contributed by atoms with Crippen LogP contribution in [0.1, 0.15) is 72.1 Å². The molecule has 1 aliphatic heterocycles. The molecule has 0 aromatic rings. The maximum absolute atomic E-state index is 10.2. The van der Waals surface area contributed by atoms with Gasteiger partial charge in [-0.3, -0.25) is 4.90 Å². The highest BCUT2D eigenvalue weighted by atomic mass is 16.3. The Kier molecular flexibility index (Phi) is 3.92. The molecule has 2 heteroatoms. The topological polar surface area (TPSA) is 23.5 Å². The van der Waals surface area contributed by atoms with Gasteiger partial charge >= 0.3 is 0 Å². The summed E-state index contributed by atoms with van der Waals surface area (Å²) < 4.78 is 0. The van der Waals surface area contributed by atoms with Crippen LogP contribution in [0.5, 0.6) is 0 Å². The van der Waals surface area contributed by atoms with Crippen molar-refractivity contribution in [3.8, 4) is 0 Å². The first kappa shape index (κ1) is 14.8. The van der Waals surface area contributed by atoms with E-state index in [0.717, 1.165) is 18.8 Å². The van der Waals surface area contributed by atoms with Crippen molar-refractivity contribution in [2.75, 3.05) is 13.1 Å². The number of nitrogens with zero attached hydrogens (tertiary/aromatic N) is 1. The summed E-state index contributed by atoms with van der Waals surface area (Å²) in [5, 5.41) is 10.2. The van der Waals surface area contributed by atoms with Crippen LogP contribution in [0.3, 0.4) is 0 Å². The molecule has 20 heavy (non-hydrogen) atoms. The zero-order chi connectivity index (χ0) is 14.4. The Hall–Kier alpha value is -0.0800. The van der Waals surface area contributed by atoms with Gasteiger partial charge in [0.15, 0.2) is 0 Å². The van der Waals surface area contributed by atoms with Crippen LogP contribution in [0.15, 0.2) is 0 Å². The first-order chi connectivity index (χ1) is 9.46. The highest BCUT2D eigenvalue weighted by molar-refractivity contribution is 5.02. The third-order valence-electron chi connectivity index (χ3n) is 6.82. The zero-order valence-electron chi connectivity index (χ0n) is 13.7. The summed E-state index contributed by atoms with van der Waals surface area (Å²) in [6, 6.07) is 0.631. The van der Waals surface area contributed by atoms with Gasteiger partial charge in [0.05, 0.1) is 6.10 Å². The minimum absolute atomic E-state index is 0.0546. The monoisotopic (exact) mass is 279 g/mol. The molecule has 0 aromatic heterocycles. The van der Waals surface area contributed by atoms with Crippen molar-refractivity contribution in [1.29, 1.82) is 0 Å². The molecule has 0 radical (unpaired) electrons. The smallest absolute Gasteiger partial charge is 0.0555 e. The number of hydrogen-bond acceptors (Lipinski definition) is 2. The fourth-order valence-electron chi connectivity index (χ4n) is 4.82. The van der Waals surface area contributed by atoms with E-state index in [9.17, 15) is 5.11 Å². The van der Waals surface area contributed by atoms with Crippen LogP contribution in [0.25, 0.3) is 0 Å². The summed E-state index contributed by atoms with van der Waals surface area (Å²) in [4.78, 5) is 2.78.